The Balaban J connectivity index is 3.02. The number of esters is 2. The molecule has 1 saturated heterocycles. The van der Waals surface area contributed by atoms with Crippen LogP contribution in [0.1, 0.15) is 40.5 Å². The van der Waals surface area contributed by atoms with Gasteiger partial charge in [-0.3, -0.25) is 0 Å². The molecule has 1 aliphatic rings. The van der Waals surface area contributed by atoms with Gasteiger partial charge >= 0.3 is 192 Å². The number of hydrogen-bond acceptors (Lipinski definition) is 9. The normalized spacial score (nSPS) is 20.1. The van der Waals surface area contributed by atoms with Gasteiger partial charge in [0.2, 0.25) is 0 Å². The first-order valence-electron chi connectivity index (χ1n) is 9.51. The van der Waals surface area contributed by atoms with Crippen LogP contribution in [0, 0.1) is 5.41 Å². The number of carbonyl (C=O) groups is 4. The van der Waals surface area contributed by atoms with E-state index in [2.05, 4.69) is 0 Å². The van der Waals surface area contributed by atoms with Gasteiger partial charge in [-0.1, -0.05) is 0 Å². The number of rotatable bonds is 10. The number of carbonyl (C=O) groups excluding carboxylic acids is 4. The molecule has 0 aromatic carbocycles. The average Bonchev–Trinajstić information content (AvgIpc) is 2.61. The summed E-state index contributed by atoms with van der Waals surface area (Å²) in [6.07, 6.45) is -0.488. The van der Waals surface area contributed by atoms with Crippen molar-refractivity contribution in [2.24, 2.45) is 5.41 Å². The van der Waals surface area contributed by atoms with Gasteiger partial charge < -0.3 is 0 Å². The van der Waals surface area contributed by atoms with Crippen molar-refractivity contribution in [2.75, 3.05) is 13.2 Å². The Labute approximate surface area is 190 Å². The second-order valence-electron chi connectivity index (χ2n) is 6.57. The first kappa shape index (κ1) is 25.7. The van der Waals surface area contributed by atoms with Crippen LogP contribution in [0.3, 0.4) is 0 Å². The molecular weight excluding hydrogens is 749 g/mol. The Morgan fingerprint density at radius 1 is 0.857 bits per heavy atom. The molecule has 0 aliphatic carbocycles. The van der Waals surface area contributed by atoms with Crippen LogP contribution in [0.4, 0.5) is 0 Å². The average molecular weight is 776 g/mol. The molecule has 1 rings (SSSR count). The summed E-state index contributed by atoms with van der Waals surface area (Å²) in [5.74, 6) is -1.86. The van der Waals surface area contributed by atoms with Crippen LogP contribution < -0.4 is 0 Å². The van der Waals surface area contributed by atoms with E-state index < -0.39 is 67.4 Å². The van der Waals surface area contributed by atoms with Crippen LogP contribution in [0.5, 0.6) is 0 Å². The van der Waals surface area contributed by atoms with Crippen molar-refractivity contribution in [1.82, 2.24) is 0 Å². The predicted molar refractivity (Wildman–Crippen MR) is 86.7 cm³/mol. The van der Waals surface area contributed by atoms with Crippen LogP contribution in [0.2, 0.25) is 7.86 Å². The molecule has 9 nitrogen and oxygen atoms in total. The Hall–Kier alpha value is -0.290. The quantitative estimate of drug-likeness (QED) is 0.186. The van der Waals surface area contributed by atoms with Gasteiger partial charge in [-0.15, -0.1) is 0 Å². The van der Waals surface area contributed by atoms with E-state index in [4.69, 9.17) is 19.5 Å². The third-order valence-electron chi connectivity index (χ3n) is 4.36. The SMILES string of the molecule is CCOC(=O)C1(C(=O)OCC)CC([CH2][Hg][O]C(C)=O)OC([CH2][Hg][O]C(C)=O)C1. The van der Waals surface area contributed by atoms with Crippen molar-refractivity contribution >= 4 is 23.9 Å². The number of ether oxygens (including phenoxy) is 3. The molecule has 2 unspecified atom stereocenters. The first-order chi connectivity index (χ1) is 13.2. The molecule has 0 saturated carbocycles. The van der Waals surface area contributed by atoms with Crippen LogP contribution in [0.25, 0.3) is 0 Å². The Kier molecular flexibility index (Phi) is 12.0. The molecule has 11 heteroatoms. The van der Waals surface area contributed by atoms with E-state index in [0.717, 1.165) is 0 Å². The van der Waals surface area contributed by atoms with E-state index in [1.807, 2.05) is 0 Å². The molecule has 0 radical (unpaired) electrons. The van der Waals surface area contributed by atoms with Crippen LogP contribution in [-0.2, 0) is 88.7 Å². The van der Waals surface area contributed by atoms with Gasteiger partial charge in [0.1, 0.15) is 0 Å². The zero-order valence-electron chi connectivity index (χ0n) is 17.0. The maximum atomic E-state index is 12.8. The molecular formula is C17H26Hg2O9. The monoisotopic (exact) mass is 778 g/mol. The molecule has 0 aromatic heterocycles. The zero-order chi connectivity index (χ0) is 21.2. The fourth-order valence-corrected chi connectivity index (χ4v) is 11.0. The maximum absolute atomic E-state index is 12.8. The van der Waals surface area contributed by atoms with E-state index >= 15 is 0 Å². The summed E-state index contributed by atoms with van der Waals surface area (Å²) in [5, 5.41) is 0. The fourth-order valence-electron chi connectivity index (χ4n) is 3.19. The van der Waals surface area contributed by atoms with Crippen molar-refractivity contribution < 1.29 is 88.7 Å². The molecule has 28 heavy (non-hydrogen) atoms. The molecule has 1 heterocycles. The van der Waals surface area contributed by atoms with Crippen molar-refractivity contribution in [1.29, 1.82) is 0 Å². The second kappa shape index (κ2) is 13.1. The summed E-state index contributed by atoms with van der Waals surface area (Å²) in [4.78, 5) is 47.7. The Bertz CT molecular complexity index is 519. The van der Waals surface area contributed by atoms with Gasteiger partial charge in [-0.05, 0) is 0 Å². The summed E-state index contributed by atoms with van der Waals surface area (Å²) < 4.78 is 28.0. The van der Waals surface area contributed by atoms with Gasteiger partial charge in [-0.2, -0.15) is 0 Å². The summed E-state index contributed by atoms with van der Waals surface area (Å²) in [6.45, 7) is 6.38. The van der Waals surface area contributed by atoms with Gasteiger partial charge in [0, 0.05) is 0 Å². The van der Waals surface area contributed by atoms with Gasteiger partial charge in [0.05, 0.1) is 0 Å². The van der Waals surface area contributed by atoms with E-state index in [9.17, 15) is 19.2 Å². The summed E-state index contributed by atoms with van der Waals surface area (Å²) in [5.41, 5.74) is -1.44. The third kappa shape index (κ3) is 8.22. The molecule has 0 aromatic rings. The third-order valence-corrected chi connectivity index (χ3v) is 15.9. The molecule has 1 aliphatic heterocycles. The second-order valence-corrected chi connectivity index (χ2v) is 16.5. The molecule has 2 atom stereocenters. The molecule has 152 valence electrons. The summed E-state index contributed by atoms with van der Waals surface area (Å²) in [6, 6.07) is 0. The minimum atomic E-state index is -1.99. The van der Waals surface area contributed by atoms with E-state index in [1.165, 1.54) is 13.8 Å². The molecule has 0 amide bonds. The van der Waals surface area contributed by atoms with Crippen molar-refractivity contribution in [3.8, 4) is 0 Å². The van der Waals surface area contributed by atoms with Crippen LogP contribution >= 0.6 is 0 Å². The Morgan fingerprint density at radius 2 is 1.25 bits per heavy atom. The molecule has 0 bridgehead atoms. The standard InChI is InChI=1S/C13H20O5.2C2H4O2.2Hg/c1-5-16-11(14)13(12(15)17-6-2)7-9(3)18-10(4)8-13;2*1-2(3)4;;/h9-10H,3-8H2,1-2H3;2*1H3,(H,3,4);;/q;;;2*+1/p-2. The van der Waals surface area contributed by atoms with Gasteiger partial charge in [0.15, 0.2) is 0 Å². The van der Waals surface area contributed by atoms with Crippen molar-refractivity contribution in [3.05, 3.63) is 0 Å². The van der Waals surface area contributed by atoms with E-state index in [-0.39, 0.29) is 50.2 Å². The molecule has 0 spiro atoms. The first-order valence-corrected chi connectivity index (χ1v) is 21.8. The zero-order valence-corrected chi connectivity index (χ0v) is 28.0. The van der Waals surface area contributed by atoms with Crippen molar-refractivity contribution in [2.45, 2.75) is 60.6 Å². The van der Waals surface area contributed by atoms with E-state index in [0.29, 0.717) is 7.86 Å². The van der Waals surface area contributed by atoms with E-state index in [1.54, 1.807) is 13.8 Å². The minimum absolute atomic E-state index is 0.146. The molecule has 1 fully saturated rings. The van der Waals surface area contributed by atoms with Gasteiger partial charge in [0.25, 0.3) is 0 Å². The van der Waals surface area contributed by atoms with Crippen LogP contribution in [-0.4, -0.2) is 49.3 Å². The van der Waals surface area contributed by atoms with Crippen molar-refractivity contribution in [3.63, 3.8) is 0 Å². The predicted octanol–water partition coefficient (Wildman–Crippen LogP) is 1.60. The molecule has 0 N–H and O–H groups in total. The number of hydrogen-bond donors (Lipinski definition) is 0. The fraction of sp³-hybridized carbons (Fsp3) is 0.765. The topological polar surface area (TPSA) is 114 Å². The Morgan fingerprint density at radius 3 is 1.57 bits per heavy atom. The summed E-state index contributed by atoms with van der Waals surface area (Å²) >= 11 is -3.98. The van der Waals surface area contributed by atoms with Crippen LogP contribution in [0.15, 0.2) is 0 Å². The van der Waals surface area contributed by atoms with Gasteiger partial charge in [-0.25, -0.2) is 0 Å². The summed E-state index contributed by atoms with van der Waals surface area (Å²) in [7, 11) is 0.